The van der Waals surface area contributed by atoms with E-state index in [2.05, 4.69) is 11.8 Å². The third-order valence-corrected chi connectivity index (χ3v) is 7.98. The van der Waals surface area contributed by atoms with Crippen LogP contribution in [0.15, 0.2) is 77.8 Å². The number of amides is 1. The molecule has 1 heterocycles. The summed E-state index contributed by atoms with van der Waals surface area (Å²) >= 11 is 12.5. The van der Waals surface area contributed by atoms with Crippen LogP contribution in [0.25, 0.3) is 5.57 Å². The third-order valence-electron chi connectivity index (χ3n) is 7.54. The maximum Gasteiger partial charge on any atom is 0.274 e. The minimum absolute atomic E-state index is 0.0273. The fourth-order valence-corrected chi connectivity index (χ4v) is 6.21. The highest BCUT2D eigenvalue weighted by atomic mass is 35.5. The summed E-state index contributed by atoms with van der Waals surface area (Å²) < 4.78 is 0. The number of carbonyl (C=O) groups excluding carboxylic acids is 2. The van der Waals surface area contributed by atoms with Crippen LogP contribution in [-0.4, -0.2) is 28.5 Å². The second-order valence-corrected chi connectivity index (χ2v) is 11.2. The molecule has 0 radical (unpaired) electrons. The van der Waals surface area contributed by atoms with E-state index in [1.807, 2.05) is 73.7 Å². The number of nitrogens with zero attached hydrogens (tertiary/aromatic N) is 2. The number of aliphatic imine (C=N–C) groups is 1. The Balaban J connectivity index is 1.69. The van der Waals surface area contributed by atoms with Gasteiger partial charge in [-0.15, -0.1) is 0 Å². The van der Waals surface area contributed by atoms with Gasteiger partial charge in [0.1, 0.15) is 17.7 Å². The van der Waals surface area contributed by atoms with E-state index < -0.39 is 5.66 Å². The molecule has 39 heavy (non-hydrogen) atoms. The molecule has 1 aliphatic heterocycles. The summed E-state index contributed by atoms with van der Waals surface area (Å²) in [4.78, 5) is 32.5. The van der Waals surface area contributed by atoms with Crippen LogP contribution in [0.5, 0.6) is 0 Å². The van der Waals surface area contributed by atoms with Gasteiger partial charge in [0.15, 0.2) is 0 Å². The molecule has 1 saturated carbocycles. The molecule has 204 valence electrons. The van der Waals surface area contributed by atoms with Crippen molar-refractivity contribution in [3.05, 3.63) is 99.6 Å². The number of aldehydes is 1. The van der Waals surface area contributed by atoms with Crippen molar-refractivity contribution in [3.63, 3.8) is 0 Å². The number of allylic oxidation sites excluding steroid dienone is 5. The highest BCUT2D eigenvalue weighted by molar-refractivity contribution is 6.45. The summed E-state index contributed by atoms with van der Waals surface area (Å²) in [6, 6.07) is 13.0. The lowest BCUT2D eigenvalue weighted by Crippen LogP contribution is -2.49. The van der Waals surface area contributed by atoms with E-state index in [1.165, 1.54) is 0 Å². The van der Waals surface area contributed by atoms with Crippen LogP contribution in [-0.2, 0) is 4.79 Å². The molecule has 2 aliphatic rings. The van der Waals surface area contributed by atoms with Gasteiger partial charge >= 0.3 is 0 Å². The van der Waals surface area contributed by atoms with Crippen molar-refractivity contribution in [2.45, 2.75) is 76.9 Å². The molecule has 4 nitrogen and oxygen atoms in total. The molecule has 0 aromatic heterocycles. The number of rotatable bonds is 10. The van der Waals surface area contributed by atoms with Gasteiger partial charge in [-0.25, -0.2) is 0 Å². The van der Waals surface area contributed by atoms with Crippen LogP contribution in [0.4, 0.5) is 0 Å². The van der Waals surface area contributed by atoms with Crippen molar-refractivity contribution >= 4 is 46.7 Å². The Kier molecular flexibility index (Phi) is 9.99. The van der Waals surface area contributed by atoms with Gasteiger partial charge in [0, 0.05) is 15.6 Å². The van der Waals surface area contributed by atoms with E-state index in [9.17, 15) is 9.59 Å². The molecule has 1 amide bonds. The molecule has 1 aliphatic carbocycles. The van der Waals surface area contributed by atoms with Gasteiger partial charge in [-0.05, 0) is 80.0 Å². The van der Waals surface area contributed by atoms with Gasteiger partial charge in [0.05, 0.1) is 6.04 Å². The lowest BCUT2D eigenvalue weighted by Gasteiger charge is -2.44. The summed E-state index contributed by atoms with van der Waals surface area (Å²) in [5, 5.41) is 1.14. The average molecular weight is 564 g/mol. The Morgan fingerprint density at radius 1 is 1.08 bits per heavy atom. The van der Waals surface area contributed by atoms with Crippen molar-refractivity contribution < 1.29 is 9.59 Å². The predicted molar refractivity (Wildman–Crippen MR) is 163 cm³/mol. The Labute approximate surface area is 242 Å². The van der Waals surface area contributed by atoms with Crippen molar-refractivity contribution in [2.75, 3.05) is 0 Å². The zero-order valence-electron chi connectivity index (χ0n) is 22.7. The highest BCUT2D eigenvalue weighted by Gasteiger charge is 2.49. The van der Waals surface area contributed by atoms with E-state index in [0.29, 0.717) is 21.3 Å². The minimum Gasteiger partial charge on any atom is -0.305 e. The molecule has 0 unspecified atom stereocenters. The third kappa shape index (κ3) is 6.80. The fraction of sp³-hybridized carbons (Fsp3) is 0.364. The molecule has 1 spiro atoms. The molecule has 4 rings (SSSR count). The first-order valence-corrected chi connectivity index (χ1v) is 14.6. The Hall–Kier alpha value is -2.95. The van der Waals surface area contributed by atoms with Gasteiger partial charge in [-0.2, -0.15) is 0 Å². The van der Waals surface area contributed by atoms with Gasteiger partial charge in [0.25, 0.3) is 5.91 Å². The maximum absolute atomic E-state index is 14.1. The standard InChI is InChI=1S/C33H36Cl2N2O2/c1-3-5-13-31(26-16-14-24(23-38)15-17-26)37-32(39)30(36-33(37)18-7-6-8-19-33)12-9-11-25(10-4-2)27-20-28(34)22-29(35)21-27/h4,9-12,14-17,20-23,31H,3,5-8,13,18-19H2,1-2H3/b10-4-,12-9+,25-11+/t31-/m1/s1. The minimum atomic E-state index is -0.521. The van der Waals surface area contributed by atoms with Crippen molar-refractivity contribution in [2.24, 2.45) is 4.99 Å². The molecule has 1 fully saturated rings. The van der Waals surface area contributed by atoms with E-state index in [4.69, 9.17) is 28.2 Å². The second kappa shape index (κ2) is 13.4. The molecular formula is C33H36Cl2N2O2. The molecule has 6 heteroatoms. The monoisotopic (exact) mass is 562 g/mol. The quantitative estimate of drug-likeness (QED) is 0.214. The van der Waals surface area contributed by atoms with Gasteiger partial charge in [-0.3, -0.25) is 14.6 Å². The smallest absolute Gasteiger partial charge is 0.274 e. The second-order valence-electron chi connectivity index (χ2n) is 10.3. The molecule has 2 aromatic carbocycles. The Morgan fingerprint density at radius 3 is 2.38 bits per heavy atom. The fourth-order valence-electron chi connectivity index (χ4n) is 5.68. The summed E-state index contributed by atoms with van der Waals surface area (Å²) in [5.74, 6) is -0.0273. The van der Waals surface area contributed by atoms with Gasteiger partial charge < -0.3 is 4.90 Å². The summed E-state index contributed by atoms with van der Waals surface area (Å²) in [7, 11) is 0. The van der Waals surface area contributed by atoms with E-state index in [0.717, 1.165) is 74.4 Å². The first kappa shape index (κ1) is 29.0. The first-order valence-electron chi connectivity index (χ1n) is 13.9. The number of carbonyl (C=O) groups is 2. The van der Waals surface area contributed by atoms with Crippen LogP contribution in [0.1, 0.15) is 92.7 Å². The van der Waals surface area contributed by atoms with E-state index in [-0.39, 0.29) is 11.9 Å². The largest absolute Gasteiger partial charge is 0.305 e. The van der Waals surface area contributed by atoms with Gasteiger partial charge in [-0.1, -0.05) is 98.0 Å². The topological polar surface area (TPSA) is 49.7 Å². The molecule has 0 saturated heterocycles. The lowest BCUT2D eigenvalue weighted by atomic mass is 9.86. The maximum atomic E-state index is 14.1. The lowest BCUT2D eigenvalue weighted by molar-refractivity contribution is -0.132. The van der Waals surface area contributed by atoms with Crippen LogP contribution in [0.2, 0.25) is 10.0 Å². The first-order chi connectivity index (χ1) is 18.9. The van der Waals surface area contributed by atoms with E-state index in [1.54, 1.807) is 6.07 Å². The molecule has 2 aromatic rings. The summed E-state index contributed by atoms with van der Waals surface area (Å²) in [6.07, 6.45) is 18.4. The number of hydrogen-bond donors (Lipinski definition) is 0. The summed E-state index contributed by atoms with van der Waals surface area (Å²) in [6.45, 7) is 4.12. The van der Waals surface area contributed by atoms with Crippen molar-refractivity contribution in [3.8, 4) is 0 Å². The van der Waals surface area contributed by atoms with Crippen LogP contribution in [0, 0.1) is 0 Å². The van der Waals surface area contributed by atoms with Crippen molar-refractivity contribution in [1.29, 1.82) is 0 Å². The van der Waals surface area contributed by atoms with Crippen LogP contribution in [0.3, 0.4) is 0 Å². The number of halogens is 2. The van der Waals surface area contributed by atoms with Crippen molar-refractivity contribution in [1.82, 2.24) is 4.90 Å². The normalized spacial score (nSPS) is 18.4. The number of unbranched alkanes of at least 4 members (excludes halogenated alkanes) is 1. The zero-order chi connectivity index (χ0) is 27.8. The molecule has 1 atom stereocenters. The zero-order valence-corrected chi connectivity index (χ0v) is 24.2. The summed E-state index contributed by atoms with van der Waals surface area (Å²) in [5.41, 5.74) is 3.50. The predicted octanol–water partition coefficient (Wildman–Crippen LogP) is 9.20. The Bertz CT molecular complexity index is 1280. The number of benzene rings is 2. The Morgan fingerprint density at radius 2 is 1.77 bits per heavy atom. The molecule has 0 N–H and O–H groups in total. The number of hydrogen-bond acceptors (Lipinski definition) is 3. The van der Waals surface area contributed by atoms with Gasteiger partial charge in [0.2, 0.25) is 0 Å². The SMILES string of the molecule is C\C=C/C(=C\C=C\C1=NC2(CCCCC2)N([C@H](CCCC)c2ccc(C=O)cc2)C1=O)c1cc(Cl)cc(Cl)c1. The van der Waals surface area contributed by atoms with E-state index >= 15 is 0 Å². The highest BCUT2D eigenvalue weighted by Crippen LogP contribution is 2.45. The average Bonchev–Trinajstić information content (AvgIpc) is 3.18. The van der Waals surface area contributed by atoms with Crippen LogP contribution >= 0.6 is 23.2 Å². The molecular weight excluding hydrogens is 527 g/mol. The van der Waals surface area contributed by atoms with Crippen LogP contribution < -0.4 is 0 Å². The molecule has 0 bridgehead atoms.